The number of piperazine rings is 1. The number of rotatable bonds is 4. The second-order valence-corrected chi connectivity index (χ2v) is 6.51. The van der Waals surface area contributed by atoms with E-state index in [0.717, 1.165) is 36.9 Å². The van der Waals surface area contributed by atoms with Gasteiger partial charge in [-0.05, 0) is 38.1 Å². The number of amides is 1. The van der Waals surface area contributed by atoms with Crippen molar-refractivity contribution in [1.29, 1.82) is 0 Å². The minimum Gasteiger partial charge on any atom is -0.368 e. The van der Waals surface area contributed by atoms with Crippen molar-refractivity contribution in [3.8, 4) is 0 Å². The van der Waals surface area contributed by atoms with E-state index in [1.165, 1.54) is 0 Å². The Morgan fingerprint density at radius 2 is 1.80 bits per heavy atom. The fraction of sp³-hybridized carbons (Fsp3) is 0.529. The van der Waals surface area contributed by atoms with Crippen molar-refractivity contribution < 1.29 is 4.79 Å². The second kappa shape index (κ2) is 10.7. The van der Waals surface area contributed by atoms with Crippen LogP contribution in [0.1, 0.15) is 13.8 Å². The number of hydrogen-bond acceptors (Lipinski definition) is 3. The number of nitrogens with zero attached hydrogens (tertiary/aromatic N) is 3. The molecule has 8 heteroatoms. The topological polar surface area (TPSA) is 60.0 Å². The number of nitrogens with one attached hydrogen (secondary N) is 2. The van der Waals surface area contributed by atoms with Crippen LogP contribution in [-0.4, -0.2) is 62.6 Å². The lowest BCUT2D eigenvalue weighted by atomic mass is 10.2. The van der Waals surface area contributed by atoms with E-state index in [2.05, 4.69) is 20.5 Å². The van der Waals surface area contributed by atoms with Crippen molar-refractivity contribution in [2.75, 3.05) is 44.7 Å². The summed E-state index contributed by atoms with van der Waals surface area (Å²) in [4.78, 5) is 20.6. The van der Waals surface area contributed by atoms with E-state index in [-0.39, 0.29) is 42.5 Å². The molecule has 25 heavy (non-hydrogen) atoms. The Morgan fingerprint density at radius 1 is 1.20 bits per heavy atom. The molecule has 0 saturated carbocycles. The molecule has 0 radical (unpaired) electrons. The van der Waals surface area contributed by atoms with Crippen LogP contribution >= 0.6 is 35.6 Å². The lowest BCUT2D eigenvalue weighted by Crippen LogP contribution is -2.52. The SMILES string of the molecule is CN=C(NCC(=O)N1CCN(c2ccc(Cl)cc2)CC1)NC(C)C.I. The average Bonchev–Trinajstić information content (AvgIpc) is 2.59. The fourth-order valence-corrected chi connectivity index (χ4v) is 2.73. The summed E-state index contributed by atoms with van der Waals surface area (Å²) in [5.41, 5.74) is 1.14. The summed E-state index contributed by atoms with van der Waals surface area (Å²) in [6.45, 7) is 7.42. The number of carbonyl (C=O) groups is 1. The summed E-state index contributed by atoms with van der Waals surface area (Å²) < 4.78 is 0. The van der Waals surface area contributed by atoms with Gasteiger partial charge in [0.2, 0.25) is 5.91 Å². The van der Waals surface area contributed by atoms with E-state index in [1.807, 2.05) is 43.0 Å². The largest absolute Gasteiger partial charge is 0.368 e. The molecule has 2 rings (SSSR count). The van der Waals surface area contributed by atoms with E-state index in [9.17, 15) is 4.79 Å². The van der Waals surface area contributed by atoms with Crippen molar-refractivity contribution >= 4 is 53.1 Å². The van der Waals surface area contributed by atoms with E-state index in [1.54, 1.807) is 7.05 Å². The fourth-order valence-electron chi connectivity index (χ4n) is 2.61. The first-order valence-corrected chi connectivity index (χ1v) is 8.63. The van der Waals surface area contributed by atoms with Gasteiger partial charge in [-0.1, -0.05) is 11.6 Å². The molecule has 140 valence electrons. The van der Waals surface area contributed by atoms with E-state index < -0.39 is 0 Å². The normalized spacial score (nSPS) is 15.0. The van der Waals surface area contributed by atoms with E-state index in [0.29, 0.717) is 5.96 Å². The molecule has 0 unspecified atom stereocenters. The molecule has 0 spiro atoms. The predicted octanol–water partition coefficient (Wildman–Crippen LogP) is 2.18. The van der Waals surface area contributed by atoms with Crippen molar-refractivity contribution in [2.45, 2.75) is 19.9 Å². The molecule has 0 bridgehead atoms. The number of halogens is 2. The zero-order chi connectivity index (χ0) is 17.5. The third-order valence-corrected chi connectivity index (χ3v) is 4.13. The highest BCUT2D eigenvalue weighted by molar-refractivity contribution is 14.0. The molecular weight excluding hydrogens is 453 g/mol. The molecule has 1 saturated heterocycles. The molecule has 1 aromatic carbocycles. The first kappa shape index (κ1) is 21.8. The van der Waals surface area contributed by atoms with Gasteiger partial charge in [0, 0.05) is 50.0 Å². The maximum absolute atomic E-state index is 12.3. The van der Waals surface area contributed by atoms with Gasteiger partial charge >= 0.3 is 0 Å². The van der Waals surface area contributed by atoms with Crippen LogP contribution in [0.3, 0.4) is 0 Å². The smallest absolute Gasteiger partial charge is 0.242 e. The summed E-state index contributed by atoms with van der Waals surface area (Å²) in [6, 6.07) is 8.10. The van der Waals surface area contributed by atoms with Gasteiger partial charge in [0.05, 0.1) is 6.54 Å². The highest BCUT2D eigenvalue weighted by Crippen LogP contribution is 2.19. The first-order valence-electron chi connectivity index (χ1n) is 8.25. The molecule has 1 aliphatic rings. The molecule has 2 N–H and O–H groups in total. The average molecular weight is 480 g/mol. The Hall–Kier alpha value is -1.22. The summed E-state index contributed by atoms with van der Waals surface area (Å²) in [7, 11) is 1.70. The summed E-state index contributed by atoms with van der Waals surface area (Å²) >= 11 is 5.93. The number of anilines is 1. The van der Waals surface area contributed by atoms with Gasteiger partial charge in [-0.2, -0.15) is 0 Å². The maximum atomic E-state index is 12.3. The molecule has 0 aliphatic carbocycles. The number of hydrogen-bond donors (Lipinski definition) is 2. The minimum absolute atomic E-state index is 0. The number of benzene rings is 1. The van der Waals surface area contributed by atoms with Crippen LogP contribution in [-0.2, 0) is 4.79 Å². The van der Waals surface area contributed by atoms with Crippen LogP contribution in [0.25, 0.3) is 0 Å². The van der Waals surface area contributed by atoms with Crippen LogP contribution in [0.4, 0.5) is 5.69 Å². The predicted molar refractivity (Wildman–Crippen MR) is 115 cm³/mol. The lowest BCUT2D eigenvalue weighted by molar-refractivity contribution is -0.130. The Bertz CT molecular complexity index is 571. The Kier molecular flexibility index (Phi) is 9.34. The Labute approximate surface area is 172 Å². The zero-order valence-corrected chi connectivity index (χ0v) is 18.0. The summed E-state index contributed by atoms with van der Waals surface area (Å²) in [6.07, 6.45) is 0. The third kappa shape index (κ3) is 6.89. The van der Waals surface area contributed by atoms with Gasteiger partial charge in [-0.15, -0.1) is 24.0 Å². The summed E-state index contributed by atoms with van der Waals surface area (Å²) in [5, 5.41) is 6.97. The van der Waals surface area contributed by atoms with Gasteiger partial charge in [0.15, 0.2) is 5.96 Å². The Morgan fingerprint density at radius 3 is 2.32 bits per heavy atom. The van der Waals surface area contributed by atoms with Crippen LogP contribution < -0.4 is 15.5 Å². The summed E-state index contributed by atoms with van der Waals surface area (Å²) in [5.74, 6) is 0.746. The first-order chi connectivity index (χ1) is 11.5. The minimum atomic E-state index is 0. The van der Waals surface area contributed by atoms with Gasteiger partial charge in [-0.25, -0.2) is 0 Å². The quantitative estimate of drug-likeness (QED) is 0.395. The van der Waals surface area contributed by atoms with Crippen LogP contribution in [0.2, 0.25) is 5.02 Å². The number of aliphatic imine (C=N–C) groups is 1. The van der Waals surface area contributed by atoms with Crippen molar-refractivity contribution in [1.82, 2.24) is 15.5 Å². The zero-order valence-electron chi connectivity index (χ0n) is 15.0. The van der Waals surface area contributed by atoms with Gasteiger partial charge in [0.25, 0.3) is 0 Å². The monoisotopic (exact) mass is 479 g/mol. The molecule has 1 heterocycles. The highest BCUT2D eigenvalue weighted by Gasteiger charge is 2.21. The second-order valence-electron chi connectivity index (χ2n) is 6.07. The highest BCUT2D eigenvalue weighted by atomic mass is 127. The van der Waals surface area contributed by atoms with Crippen LogP contribution in [0.15, 0.2) is 29.3 Å². The number of guanidine groups is 1. The van der Waals surface area contributed by atoms with Gasteiger partial charge in [0.1, 0.15) is 0 Å². The molecular formula is C17H27ClIN5O. The van der Waals surface area contributed by atoms with Crippen LogP contribution in [0.5, 0.6) is 0 Å². The van der Waals surface area contributed by atoms with Crippen molar-refractivity contribution in [2.24, 2.45) is 4.99 Å². The van der Waals surface area contributed by atoms with E-state index >= 15 is 0 Å². The van der Waals surface area contributed by atoms with Gasteiger partial charge < -0.3 is 20.4 Å². The lowest BCUT2D eigenvalue weighted by Gasteiger charge is -2.36. The van der Waals surface area contributed by atoms with Gasteiger partial charge in [-0.3, -0.25) is 9.79 Å². The molecule has 0 atom stereocenters. The Balaban J connectivity index is 0.00000312. The molecule has 1 aromatic rings. The van der Waals surface area contributed by atoms with Crippen molar-refractivity contribution in [3.63, 3.8) is 0 Å². The molecule has 1 amide bonds. The molecule has 0 aromatic heterocycles. The van der Waals surface area contributed by atoms with Crippen molar-refractivity contribution in [3.05, 3.63) is 29.3 Å². The molecule has 6 nitrogen and oxygen atoms in total. The molecule has 1 fully saturated rings. The maximum Gasteiger partial charge on any atom is 0.242 e. The third-order valence-electron chi connectivity index (χ3n) is 3.88. The molecule has 1 aliphatic heterocycles. The van der Waals surface area contributed by atoms with Crippen LogP contribution in [0, 0.1) is 0 Å². The standard InChI is InChI=1S/C17H26ClN5O.HI/c1-13(2)21-17(19-3)20-12-16(24)23-10-8-22(9-11-23)15-6-4-14(18)5-7-15;/h4-7,13H,8-12H2,1-3H3,(H2,19,20,21);1H. The van der Waals surface area contributed by atoms with E-state index in [4.69, 9.17) is 11.6 Å². The number of carbonyl (C=O) groups excluding carboxylic acids is 1.